The Hall–Kier alpha value is -2.76. The molecule has 0 unspecified atom stereocenters. The van der Waals surface area contributed by atoms with Gasteiger partial charge in [-0.25, -0.2) is 0 Å². The summed E-state index contributed by atoms with van der Waals surface area (Å²) in [5, 5.41) is 12.1. The minimum absolute atomic E-state index is 0.449. The van der Waals surface area contributed by atoms with Crippen LogP contribution in [0.2, 0.25) is 0 Å². The molecule has 4 rings (SSSR count). The smallest absolute Gasteiger partial charge is 0.209 e. The van der Waals surface area contributed by atoms with Gasteiger partial charge in [0.25, 0.3) is 0 Å². The number of aromatic nitrogens is 1. The Morgan fingerprint density at radius 3 is 2.70 bits per heavy atom. The molecule has 0 atom stereocenters. The van der Waals surface area contributed by atoms with Crippen LogP contribution in [-0.2, 0) is 10.4 Å². The molecule has 1 aromatic carbocycles. The fourth-order valence-electron chi connectivity index (χ4n) is 3.58. The van der Waals surface area contributed by atoms with Gasteiger partial charge < -0.3 is 19.4 Å². The lowest BCUT2D eigenvalue weighted by atomic mass is 9.86. The van der Waals surface area contributed by atoms with Crippen molar-refractivity contribution in [2.75, 3.05) is 13.1 Å². The maximum atomic E-state index is 11.0. The fraction of sp³-hybridized carbons (Fsp3) is 0.294. The maximum Gasteiger partial charge on any atom is 0.209 e. The molecule has 0 saturated carbocycles. The van der Waals surface area contributed by atoms with Crippen molar-refractivity contribution in [1.82, 2.24) is 9.47 Å². The van der Waals surface area contributed by atoms with Crippen molar-refractivity contribution in [3.8, 4) is 11.4 Å². The zero-order valence-corrected chi connectivity index (χ0v) is 12.6. The van der Waals surface area contributed by atoms with E-state index in [0.29, 0.717) is 13.1 Å². The van der Waals surface area contributed by atoms with Gasteiger partial charge in [0.05, 0.1) is 23.3 Å². The molecule has 6 nitrogen and oxygen atoms in total. The van der Waals surface area contributed by atoms with Crippen molar-refractivity contribution in [3.05, 3.63) is 47.8 Å². The third-order valence-electron chi connectivity index (χ3n) is 4.73. The second kappa shape index (κ2) is 5.15. The second-order valence-corrected chi connectivity index (χ2v) is 5.93. The normalized spacial score (nSPS) is 18.5. The Kier molecular flexibility index (Phi) is 3.11. The van der Waals surface area contributed by atoms with Crippen molar-refractivity contribution < 1.29 is 14.7 Å². The van der Waals surface area contributed by atoms with Crippen molar-refractivity contribution in [2.24, 2.45) is 5.16 Å². The zero-order chi connectivity index (χ0) is 15.9. The quantitative estimate of drug-likeness (QED) is 0.400. The number of benzene rings is 1. The number of carbonyl (C=O) groups excluding carboxylic acids is 1. The van der Waals surface area contributed by atoms with Crippen LogP contribution in [0.15, 0.2) is 41.6 Å². The lowest BCUT2D eigenvalue weighted by Crippen LogP contribution is -2.48. The first-order chi connectivity index (χ1) is 11.3. The highest BCUT2D eigenvalue weighted by atomic mass is 16.5. The molecule has 1 saturated heterocycles. The minimum Gasteiger partial charge on any atom is -0.479 e. The van der Waals surface area contributed by atoms with Gasteiger partial charge in [-0.2, -0.15) is 0 Å². The number of nitrogens with zero attached hydrogens (tertiary/aromatic N) is 3. The number of fused-ring (bicyclic) bond motifs is 4. The number of amides is 1. The van der Waals surface area contributed by atoms with E-state index in [0.717, 1.165) is 42.1 Å². The van der Waals surface area contributed by atoms with E-state index >= 15 is 0 Å². The van der Waals surface area contributed by atoms with E-state index in [2.05, 4.69) is 9.72 Å². The molecule has 2 aromatic rings. The predicted octanol–water partition coefficient (Wildman–Crippen LogP) is 2.13. The Morgan fingerprint density at radius 1 is 1.17 bits per heavy atom. The highest BCUT2D eigenvalue weighted by Gasteiger charge is 2.44. The van der Waals surface area contributed by atoms with E-state index in [1.54, 1.807) is 4.90 Å². The molecule has 6 heteroatoms. The molecule has 118 valence electrons. The number of carbonyl (C=O) groups is 1. The third-order valence-corrected chi connectivity index (χ3v) is 4.73. The summed E-state index contributed by atoms with van der Waals surface area (Å²) in [6.45, 7) is 1.33. The van der Waals surface area contributed by atoms with Crippen LogP contribution >= 0.6 is 0 Å². The van der Waals surface area contributed by atoms with Gasteiger partial charge in [0, 0.05) is 25.9 Å². The number of ether oxygens (including phenoxy) is 1. The van der Waals surface area contributed by atoms with Crippen LogP contribution < -0.4 is 4.74 Å². The first kappa shape index (κ1) is 13.9. The van der Waals surface area contributed by atoms with E-state index in [1.165, 1.54) is 6.21 Å². The molecule has 2 aliphatic heterocycles. The Labute approximate surface area is 133 Å². The Bertz CT molecular complexity index is 773. The molecule has 0 aliphatic carbocycles. The number of piperidine rings is 1. The van der Waals surface area contributed by atoms with Crippen molar-refractivity contribution >= 4 is 12.6 Å². The molecule has 23 heavy (non-hydrogen) atoms. The van der Waals surface area contributed by atoms with Crippen molar-refractivity contribution in [3.63, 3.8) is 0 Å². The molecule has 1 fully saturated rings. The van der Waals surface area contributed by atoms with Gasteiger partial charge in [-0.1, -0.05) is 17.3 Å². The fourth-order valence-corrected chi connectivity index (χ4v) is 3.58. The lowest BCUT2D eigenvalue weighted by Gasteiger charge is -2.44. The first-order valence-corrected chi connectivity index (χ1v) is 7.65. The Morgan fingerprint density at radius 2 is 1.96 bits per heavy atom. The molecule has 1 aromatic heterocycles. The van der Waals surface area contributed by atoms with Gasteiger partial charge in [-0.15, -0.1) is 0 Å². The van der Waals surface area contributed by atoms with Crippen LogP contribution in [0.3, 0.4) is 0 Å². The van der Waals surface area contributed by atoms with Crippen LogP contribution in [0.1, 0.15) is 24.2 Å². The second-order valence-electron chi connectivity index (χ2n) is 5.93. The van der Waals surface area contributed by atoms with E-state index in [1.807, 2.05) is 36.4 Å². The molecule has 2 aliphatic rings. The van der Waals surface area contributed by atoms with E-state index < -0.39 is 5.60 Å². The summed E-state index contributed by atoms with van der Waals surface area (Å²) in [5.74, 6) is 0.809. The molecular formula is C17H17N3O3. The highest BCUT2D eigenvalue weighted by molar-refractivity contribution is 5.79. The Balaban J connectivity index is 1.86. The van der Waals surface area contributed by atoms with Gasteiger partial charge >= 0.3 is 0 Å². The van der Waals surface area contributed by atoms with Crippen LogP contribution in [-0.4, -0.2) is 40.4 Å². The molecule has 1 amide bonds. The van der Waals surface area contributed by atoms with Crippen LogP contribution in [0.25, 0.3) is 5.69 Å². The molecule has 0 bridgehead atoms. The summed E-state index contributed by atoms with van der Waals surface area (Å²) in [5.41, 5.74) is 2.33. The standard InChI is InChI=1S/C17H17N3O3/c21-12-19-9-7-17(8-10-19)16-6-5-13(11-18-22)20(16)14-3-1-2-4-15(14)23-17/h1-6,11-12,22H,7-10H2/b18-11-. The average molecular weight is 311 g/mol. The summed E-state index contributed by atoms with van der Waals surface area (Å²) in [6, 6.07) is 11.8. The first-order valence-electron chi connectivity index (χ1n) is 7.65. The number of para-hydroxylation sites is 2. The van der Waals surface area contributed by atoms with Crippen LogP contribution in [0.5, 0.6) is 5.75 Å². The van der Waals surface area contributed by atoms with Gasteiger partial charge in [-0.3, -0.25) is 4.79 Å². The SMILES string of the molecule is O=CN1CCC2(CC1)Oc1ccccc1-n1c(/C=N\O)ccc12. The number of hydrogen-bond donors (Lipinski definition) is 1. The number of hydrogen-bond acceptors (Lipinski definition) is 4. The van der Waals surface area contributed by atoms with E-state index in [-0.39, 0.29) is 0 Å². The molecule has 0 radical (unpaired) electrons. The largest absolute Gasteiger partial charge is 0.479 e. The minimum atomic E-state index is -0.449. The number of oxime groups is 1. The molecular weight excluding hydrogens is 294 g/mol. The predicted molar refractivity (Wildman–Crippen MR) is 84.3 cm³/mol. The zero-order valence-electron chi connectivity index (χ0n) is 12.6. The van der Waals surface area contributed by atoms with E-state index in [4.69, 9.17) is 9.94 Å². The number of likely N-dealkylation sites (tertiary alicyclic amines) is 1. The summed E-state index contributed by atoms with van der Waals surface area (Å²) >= 11 is 0. The average Bonchev–Trinajstić information content (AvgIpc) is 3.01. The summed E-state index contributed by atoms with van der Waals surface area (Å²) in [7, 11) is 0. The summed E-state index contributed by atoms with van der Waals surface area (Å²) in [6.07, 6.45) is 3.80. The third kappa shape index (κ3) is 2.02. The number of rotatable bonds is 2. The molecule has 3 heterocycles. The maximum absolute atomic E-state index is 11.0. The van der Waals surface area contributed by atoms with Gasteiger partial charge in [0.1, 0.15) is 5.75 Å². The topological polar surface area (TPSA) is 67.1 Å². The van der Waals surface area contributed by atoms with Crippen LogP contribution in [0, 0.1) is 0 Å². The summed E-state index contributed by atoms with van der Waals surface area (Å²) in [4.78, 5) is 12.8. The van der Waals surface area contributed by atoms with Crippen molar-refractivity contribution in [2.45, 2.75) is 18.4 Å². The van der Waals surface area contributed by atoms with Gasteiger partial charge in [0.2, 0.25) is 6.41 Å². The van der Waals surface area contributed by atoms with E-state index in [9.17, 15) is 4.79 Å². The summed E-state index contributed by atoms with van der Waals surface area (Å²) < 4.78 is 8.48. The van der Waals surface area contributed by atoms with Crippen LogP contribution in [0.4, 0.5) is 0 Å². The van der Waals surface area contributed by atoms with Gasteiger partial charge in [-0.05, 0) is 24.3 Å². The van der Waals surface area contributed by atoms with Gasteiger partial charge in [0.15, 0.2) is 5.60 Å². The monoisotopic (exact) mass is 311 g/mol. The lowest BCUT2D eigenvalue weighted by molar-refractivity contribution is -0.122. The highest BCUT2D eigenvalue weighted by Crippen LogP contribution is 2.45. The molecule has 1 spiro atoms. The van der Waals surface area contributed by atoms with Crippen molar-refractivity contribution in [1.29, 1.82) is 0 Å². The molecule has 1 N–H and O–H groups in total.